The molecule has 0 saturated carbocycles. The molecule has 0 amide bonds. The number of hydrogen-bond acceptors (Lipinski definition) is 0. The third kappa shape index (κ3) is 4.94. The Morgan fingerprint density at radius 2 is 0.842 bits per heavy atom. The zero-order chi connectivity index (χ0) is 37.5. The Hall–Kier alpha value is -7.28. The zero-order valence-electron chi connectivity index (χ0n) is 31.3. The van der Waals surface area contributed by atoms with E-state index in [1.54, 1.807) is 0 Å². The van der Waals surface area contributed by atoms with Crippen molar-refractivity contribution in [2.75, 3.05) is 0 Å². The van der Waals surface area contributed by atoms with Gasteiger partial charge in [0.25, 0.3) is 0 Å². The van der Waals surface area contributed by atoms with Crippen molar-refractivity contribution in [2.24, 2.45) is 0 Å². The maximum absolute atomic E-state index is 2.42. The predicted octanol–water partition coefficient (Wildman–Crippen LogP) is 15.5. The van der Waals surface area contributed by atoms with Crippen LogP contribution < -0.4 is 0 Å². The van der Waals surface area contributed by atoms with E-state index in [1.165, 1.54) is 116 Å². The van der Waals surface area contributed by atoms with Gasteiger partial charge < -0.3 is 0 Å². The Balaban J connectivity index is 1.01. The lowest BCUT2D eigenvalue weighted by Crippen LogP contribution is -2.04. The van der Waals surface area contributed by atoms with E-state index in [0.717, 1.165) is 0 Å². The van der Waals surface area contributed by atoms with Crippen LogP contribution in [0.25, 0.3) is 99.6 Å². The summed E-state index contributed by atoms with van der Waals surface area (Å²) in [6.07, 6.45) is 2.42. The molecule has 0 aromatic heterocycles. The molecular weight excluding hydrogens is 685 g/mol. The predicted molar refractivity (Wildman–Crippen MR) is 242 cm³/mol. The summed E-state index contributed by atoms with van der Waals surface area (Å²) >= 11 is 0. The maximum atomic E-state index is 2.42. The van der Waals surface area contributed by atoms with Gasteiger partial charge in [0.15, 0.2) is 0 Å². The van der Waals surface area contributed by atoms with Gasteiger partial charge in [-0.25, -0.2) is 0 Å². The molecule has 2 aliphatic carbocycles. The van der Waals surface area contributed by atoms with Crippen LogP contribution in [0.4, 0.5) is 0 Å². The van der Waals surface area contributed by atoms with Gasteiger partial charge in [-0.1, -0.05) is 194 Å². The maximum Gasteiger partial charge on any atom is 0.0364 e. The molecular formula is C57H36. The van der Waals surface area contributed by atoms with Crippen molar-refractivity contribution in [3.8, 4) is 55.6 Å². The Labute approximate surface area is 332 Å². The van der Waals surface area contributed by atoms with Crippen molar-refractivity contribution in [3.63, 3.8) is 0 Å². The monoisotopic (exact) mass is 720 g/mol. The molecule has 57 heavy (non-hydrogen) atoms. The first-order valence-corrected chi connectivity index (χ1v) is 20.0. The molecule has 0 bridgehead atoms. The highest BCUT2D eigenvalue weighted by Crippen LogP contribution is 2.53. The van der Waals surface area contributed by atoms with Crippen LogP contribution in [0.1, 0.15) is 28.2 Å². The van der Waals surface area contributed by atoms with Gasteiger partial charge in [-0.05, 0) is 134 Å². The second-order valence-corrected chi connectivity index (χ2v) is 15.5. The lowest BCUT2D eigenvalue weighted by atomic mass is 9.78. The zero-order valence-corrected chi connectivity index (χ0v) is 31.3. The van der Waals surface area contributed by atoms with Crippen LogP contribution in [-0.2, 0) is 0 Å². The molecule has 12 rings (SSSR count). The number of rotatable bonds is 5. The van der Waals surface area contributed by atoms with Gasteiger partial charge in [-0.3, -0.25) is 0 Å². The molecule has 264 valence electrons. The summed E-state index contributed by atoms with van der Waals surface area (Å²) in [7, 11) is 0. The van der Waals surface area contributed by atoms with Crippen LogP contribution in [0.5, 0.6) is 0 Å². The van der Waals surface area contributed by atoms with Gasteiger partial charge in [0.05, 0.1) is 0 Å². The fourth-order valence-corrected chi connectivity index (χ4v) is 9.97. The van der Waals surface area contributed by atoms with E-state index < -0.39 is 0 Å². The van der Waals surface area contributed by atoms with E-state index in [0.29, 0.717) is 0 Å². The van der Waals surface area contributed by atoms with Crippen LogP contribution >= 0.6 is 0 Å². The first kappa shape index (κ1) is 32.0. The summed E-state index contributed by atoms with van der Waals surface area (Å²) in [5, 5.41) is 7.83. The minimum atomic E-state index is 0.0883. The van der Waals surface area contributed by atoms with Crippen LogP contribution in [0, 0.1) is 0 Å². The smallest absolute Gasteiger partial charge is 0.0364 e. The van der Waals surface area contributed by atoms with Crippen molar-refractivity contribution in [1.29, 1.82) is 0 Å². The normalized spacial score (nSPS) is 13.9. The van der Waals surface area contributed by atoms with Crippen LogP contribution in [0.2, 0.25) is 0 Å². The van der Waals surface area contributed by atoms with Gasteiger partial charge in [0.2, 0.25) is 0 Å². The molecule has 0 N–H and O–H groups in total. The van der Waals surface area contributed by atoms with E-state index >= 15 is 0 Å². The van der Waals surface area contributed by atoms with Crippen LogP contribution in [0.3, 0.4) is 0 Å². The molecule has 0 heteroatoms. The van der Waals surface area contributed by atoms with E-state index in [4.69, 9.17) is 0 Å². The van der Waals surface area contributed by atoms with Gasteiger partial charge >= 0.3 is 0 Å². The van der Waals surface area contributed by atoms with E-state index in [2.05, 4.69) is 212 Å². The van der Waals surface area contributed by atoms with Crippen LogP contribution in [-0.4, -0.2) is 0 Å². The SMILES string of the molecule is C1=C(c2ccc(-c3ccccc3)cc2)C(c2c3ccccc3c(-c3ccc(-c4cc5c6c(cccc6c4)-c4ccccc4-5)cc3)c3ccccc23)c2ccccc21. The minimum absolute atomic E-state index is 0.0883. The highest BCUT2D eigenvalue weighted by atomic mass is 14.3. The first-order chi connectivity index (χ1) is 28.3. The van der Waals surface area contributed by atoms with Crippen molar-refractivity contribution >= 4 is 44.0 Å². The Kier molecular flexibility index (Phi) is 7.09. The third-order valence-corrected chi connectivity index (χ3v) is 12.5. The number of fused-ring (bicyclic) bond motifs is 6. The molecule has 1 unspecified atom stereocenters. The van der Waals surface area contributed by atoms with E-state index in [-0.39, 0.29) is 5.92 Å². The summed E-state index contributed by atoms with van der Waals surface area (Å²) in [5.41, 5.74) is 19.4. The summed E-state index contributed by atoms with van der Waals surface area (Å²) in [6, 6.07) is 76.6. The summed E-state index contributed by atoms with van der Waals surface area (Å²) in [5.74, 6) is 0.0883. The molecule has 0 radical (unpaired) electrons. The van der Waals surface area contributed by atoms with E-state index in [1.807, 2.05) is 0 Å². The largest absolute Gasteiger partial charge is 0.0622 e. The van der Waals surface area contributed by atoms with Crippen molar-refractivity contribution in [3.05, 3.63) is 229 Å². The van der Waals surface area contributed by atoms with Gasteiger partial charge in [-0.15, -0.1) is 0 Å². The van der Waals surface area contributed by atoms with Crippen molar-refractivity contribution in [1.82, 2.24) is 0 Å². The second kappa shape index (κ2) is 12.6. The molecule has 0 spiro atoms. The molecule has 0 fully saturated rings. The fraction of sp³-hybridized carbons (Fsp3) is 0.0175. The second-order valence-electron chi connectivity index (χ2n) is 15.5. The Morgan fingerprint density at radius 1 is 0.316 bits per heavy atom. The van der Waals surface area contributed by atoms with Crippen LogP contribution in [0.15, 0.2) is 206 Å². The molecule has 2 aliphatic rings. The Bertz CT molecular complexity index is 3200. The molecule has 0 saturated heterocycles. The van der Waals surface area contributed by atoms with Crippen molar-refractivity contribution < 1.29 is 0 Å². The lowest BCUT2D eigenvalue weighted by Gasteiger charge is -2.24. The highest BCUT2D eigenvalue weighted by Gasteiger charge is 2.31. The topological polar surface area (TPSA) is 0 Å². The van der Waals surface area contributed by atoms with Gasteiger partial charge in [-0.2, -0.15) is 0 Å². The molecule has 10 aromatic rings. The fourth-order valence-electron chi connectivity index (χ4n) is 9.97. The molecule has 0 nitrogen and oxygen atoms in total. The average Bonchev–Trinajstić information content (AvgIpc) is 3.83. The summed E-state index contributed by atoms with van der Waals surface area (Å²) in [6.45, 7) is 0. The quantitative estimate of drug-likeness (QED) is 0.155. The van der Waals surface area contributed by atoms with Gasteiger partial charge in [0, 0.05) is 5.92 Å². The summed E-state index contributed by atoms with van der Waals surface area (Å²) < 4.78 is 0. The standard InChI is InChI=1S/C57H36/c1-2-13-36(14-3-1)37-25-29-39(30-26-37)52-34-41-15-4-5-17-44(41)56(52)57-50-22-10-8-20-48(50)54(49-21-9-11-23-51(49)57)40-31-27-38(28-32-40)43-33-42-16-12-24-47-45-18-6-7-19-46(45)53(35-43)55(42)47/h1-35,56H. The molecule has 10 aromatic carbocycles. The third-order valence-electron chi connectivity index (χ3n) is 12.5. The first-order valence-electron chi connectivity index (χ1n) is 20.0. The van der Waals surface area contributed by atoms with Gasteiger partial charge in [0.1, 0.15) is 0 Å². The minimum Gasteiger partial charge on any atom is -0.0622 e. The van der Waals surface area contributed by atoms with E-state index in [9.17, 15) is 0 Å². The number of hydrogen-bond donors (Lipinski definition) is 0. The molecule has 0 heterocycles. The molecule has 0 aliphatic heterocycles. The average molecular weight is 721 g/mol. The highest BCUT2D eigenvalue weighted by molar-refractivity contribution is 6.18. The summed E-state index contributed by atoms with van der Waals surface area (Å²) in [4.78, 5) is 0. The lowest BCUT2D eigenvalue weighted by molar-refractivity contribution is 1.10. The number of allylic oxidation sites excluding steroid dienone is 1. The molecule has 1 atom stereocenters. The van der Waals surface area contributed by atoms with Crippen molar-refractivity contribution in [2.45, 2.75) is 5.92 Å². The Morgan fingerprint density at radius 3 is 1.56 bits per heavy atom. The number of benzene rings is 10.